The molecule has 0 aliphatic rings. The first-order valence-corrected chi connectivity index (χ1v) is 4.69. The van der Waals surface area contributed by atoms with E-state index in [1.54, 1.807) is 13.3 Å². The second-order valence-corrected chi connectivity index (χ2v) is 3.65. The second kappa shape index (κ2) is 3.03. The van der Waals surface area contributed by atoms with E-state index in [-0.39, 0.29) is 0 Å². The zero-order chi connectivity index (χ0) is 9.42. The van der Waals surface area contributed by atoms with E-state index >= 15 is 0 Å². The monoisotopic (exact) mass is 240 g/mol. The third-order valence-electron chi connectivity index (χ3n) is 1.97. The van der Waals surface area contributed by atoms with Crippen molar-refractivity contribution in [1.82, 2.24) is 9.38 Å². The highest BCUT2D eigenvalue weighted by atomic mass is 79.9. The van der Waals surface area contributed by atoms with Crippen LogP contribution in [0.1, 0.15) is 5.56 Å². The molecule has 3 nitrogen and oxygen atoms in total. The van der Waals surface area contributed by atoms with Crippen LogP contribution in [-0.2, 0) is 0 Å². The molecule has 2 aromatic heterocycles. The molecule has 4 heteroatoms. The van der Waals surface area contributed by atoms with Crippen molar-refractivity contribution in [2.75, 3.05) is 7.11 Å². The maximum atomic E-state index is 5.19. The summed E-state index contributed by atoms with van der Waals surface area (Å²) in [5, 5.41) is 0. The Morgan fingerprint density at radius 2 is 2.31 bits per heavy atom. The molecule has 2 aromatic rings. The van der Waals surface area contributed by atoms with Gasteiger partial charge >= 0.3 is 0 Å². The number of rotatable bonds is 1. The summed E-state index contributed by atoms with van der Waals surface area (Å²) >= 11 is 3.41. The molecule has 0 N–H and O–H groups in total. The number of aryl methyl sites for hydroxylation is 1. The van der Waals surface area contributed by atoms with Gasteiger partial charge in [-0.2, -0.15) is 0 Å². The molecule has 13 heavy (non-hydrogen) atoms. The molecule has 2 heterocycles. The first kappa shape index (κ1) is 8.56. The zero-order valence-corrected chi connectivity index (χ0v) is 9.00. The van der Waals surface area contributed by atoms with Gasteiger partial charge in [-0.1, -0.05) is 0 Å². The number of nitrogens with zero attached hydrogens (tertiary/aromatic N) is 2. The molecule has 0 aliphatic heterocycles. The van der Waals surface area contributed by atoms with Gasteiger partial charge in [-0.05, 0) is 22.9 Å². The Morgan fingerprint density at radius 3 is 3.00 bits per heavy atom. The molecule has 0 amide bonds. The topological polar surface area (TPSA) is 26.5 Å². The molecule has 0 unspecified atom stereocenters. The predicted octanol–water partition coefficient (Wildman–Crippen LogP) is 2.41. The average molecular weight is 241 g/mol. The minimum absolute atomic E-state index is 0.866. The first-order valence-electron chi connectivity index (χ1n) is 3.89. The van der Waals surface area contributed by atoms with E-state index in [0.29, 0.717) is 0 Å². The van der Waals surface area contributed by atoms with Gasteiger partial charge in [-0.15, -0.1) is 0 Å². The van der Waals surface area contributed by atoms with E-state index < -0.39 is 0 Å². The molecule has 0 saturated carbocycles. The highest BCUT2D eigenvalue weighted by Gasteiger charge is 2.04. The van der Waals surface area contributed by atoms with Crippen molar-refractivity contribution in [2.45, 2.75) is 6.92 Å². The third-order valence-corrected chi connectivity index (χ3v) is 2.56. The Labute approximate surface area is 84.5 Å². The Morgan fingerprint density at radius 1 is 1.54 bits per heavy atom. The van der Waals surface area contributed by atoms with Gasteiger partial charge < -0.3 is 4.74 Å². The summed E-state index contributed by atoms with van der Waals surface area (Å²) in [6.45, 7) is 2.00. The second-order valence-electron chi connectivity index (χ2n) is 2.83. The predicted molar refractivity (Wildman–Crippen MR) is 54.2 cm³/mol. The van der Waals surface area contributed by atoms with Crippen molar-refractivity contribution in [3.8, 4) is 5.75 Å². The fourth-order valence-electron chi connectivity index (χ4n) is 1.30. The largest absolute Gasteiger partial charge is 0.496 e. The van der Waals surface area contributed by atoms with E-state index in [9.17, 15) is 0 Å². The zero-order valence-electron chi connectivity index (χ0n) is 7.41. The quantitative estimate of drug-likeness (QED) is 0.766. The molecule has 0 saturated heterocycles. The SMILES string of the molecule is COc1cc2ncc(Br)n2cc1C. The number of pyridine rings is 1. The Balaban J connectivity index is 2.76. The number of methoxy groups -OCH3 is 1. The summed E-state index contributed by atoms with van der Waals surface area (Å²) in [6.07, 6.45) is 3.76. The van der Waals surface area contributed by atoms with Gasteiger partial charge in [0.15, 0.2) is 0 Å². The van der Waals surface area contributed by atoms with Crippen LogP contribution in [0.25, 0.3) is 5.65 Å². The number of hydrogen-bond donors (Lipinski definition) is 0. The van der Waals surface area contributed by atoms with Crippen LogP contribution in [0, 0.1) is 6.92 Å². The van der Waals surface area contributed by atoms with E-state index in [2.05, 4.69) is 20.9 Å². The molecule has 2 rings (SSSR count). The minimum Gasteiger partial charge on any atom is -0.496 e. The lowest BCUT2D eigenvalue weighted by Crippen LogP contribution is -1.92. The molecule has 0 fully saturated rings. The van der Waals surface area contributed by atoms with Gasteiger partial charge in [-0.3, -0.25) is 4.40 Å². The Hall–Kier alpha value is -1.03. The lowest BCUT2D eigenvalue weighted by atomic mass is 10.3. The number of imidazole rings is 1. The number of aromatic nitrogens is 2. The van der Waals surface area contributed by atoms with Gasteiger partial charge in [0, 0.05) is 17.8 Å². The first-order chi connectivity index (χ1) is 6.22. The summed E-state index contributed by atoms with van der Waals surface area (Å²) in [5.41, 5.74) is 1.98. The van der Waals surface area contributed by atoms with Crippen LogP contribution in [0.5, 0.6) is 5.75 Å². The molecule has 0 aliphatic carbocycles. The van der Waals surface area contributed by atoms with Crippen LogP contribution in [0.2, 0.25) is 0 Å². The average Bonchev–Trinajstić information content (AvgIpc) is 2.47. The van der Waals surface area contributed by atoms with E-state index in [0.717, 1.165) is 21.6 Å². The summed E-state index contributed by atoms with van der Waals surface area (Å²) in [6, 6.07) is 1.92. The van der Waals surface area contributed by atoms with Crippen LogP contribution in [0.15, 0.2) is 23.1 Å². The van der Waals surface area contributed by atoms with Gasteiger partial charge in [0.1, 0.15) is 16.0 Å². The highest BCUT2D eigenvalue weighted by molar-refractivity contribution is 9.10. The Kier molecular flexibility index (Phi) is 2.00. The van der Waals surface area contributed by atoms with E-state index in [4.69, 9.17) is 4.74 Å². The molecule has 0 spiro atoms. The van der Waals surface area contributed by atoms with Crippen molar-refractivity contribution in [1.29, 1.82) is 0 Å². The third kappa shape index (κ3) is 1.31. The van der Waals surface area contributed by atoms with Crippen LogP contribution in [0.4, 0.5) is 0 Å². The van der Waals surface area contributed by atoms with Crippen LogP contribution in [-0.4, -0.2) is 16.5 Å². The summed E-state index contributed by atoms with van der Waals surface area (Å²) in [5.74, 6) is 0.866. The molecule has 68 valence electrons. The van der Waals surface area contributed by atoms with Gasteiger partial charge in [-0.25, -0.2) is 4.98 Å². The van der Waals surface area contributed by atoms with Crippen molar-refractivity contribution >= 4 is 21.6 Å². The fraction of sp³-hybridized carbons (Fsp3) is 0.222. The van der Waals surface area contributed by atoms with Gasteiger partial charge in [0.05, 0.1) is 13.3 Å². The number of ether oxygens (including phenoxy) is 1. The van der Waals surface area contributed by atoms with Gasteiger partial charge in [0.2, 0.25) is 0 Å². The molecule has 0 radical (unpaired) electrons. The lowest BCUT2D eigenvalue weighted by molar-refractivity contribution is 0.411. The van der Waals surface area contributed by atoms with E-state index in [1.807, 2.05) is 23.6 Å². The summed E-state index contributed by atoms with van der Waals surface area (Å²) in [4.78, 5) is 4.20. The standard InChI is InChI=1S/C9H9BrN2O/c1-6-5-12-8(10)4-11-9(12)3-7(6)13-2/h3-5H,1-2H3. The van der Waals surface area contributed by atoms with Gasteiger partial charge in [0.25, 0.3) is 0 Å². The fourth-order valence-corrected chi connectivity index (χ4v) is 1.68. The molecule has 0 atom stereocenters. The van der Waals surface area contributed by atoms with Crippen LogP contribution < -0.4 is 4.74 Å². The Bertz CT molecular complexity index is 450. The smallest absolute Gasteiger partial charge is 0.141 e. The van der Waals surface area contributed by atoms with Crippen LogP contribution >= 0.6 is 15.9 Å². The van der Waals surface area contributed by atoms with Crippen molar-refractivity contribution in [2.24, 2.45) is 0 Å². The van der Waals surface area contributed by atoms with Crippen molar-refractivity contribution in [3.63, 3.8) is 0 Å². The highest BCUT2D eigenvalue weighted by Crippen LogP contribution is 2.22. The molecule has 0 aromatic carbocycles. The molecular weight excluding hydrogens is 232 g/mol. The lowest BCUT2D eigenvalue weighted by Gasteiger charge is -2.04. The molecular formula is C9H9BrN2O. The van der Waals surface area contributed by atoms with Crippen LogP contribution in [0.3, 0.4) is 0 Å². The maximum absolute atomic E-state index is 5.19. The summed E-state index contributed by atoms with van der Waals surface area (Å²) in [7, 11) is 1.66. The van der Waals surface area contributed by atoms with E-state index in [1.165, 1.54) is 0 Å². The maximum Gasteiger partial charge on any atom is 0.141 e. The number of fused-ring (bicyclic) bond motifs is 1. The number of halogens is 1. The number of hydrogen-bond acceptors (Lipinski definition) is 2. The minimum atomic E-state index is 0.866. The normalized spacial score (nSPS) is 10.7. The molecule has 0 bridgehead atoms. The van der Waals surface area contributed by atoms with Crippen molar-refractivity contribution in [3.05, 3.63) is 28.6 Å². The summed E-state index contributed by atoms with van der Waals surface area (Å²) < 4.78 is 8.12. The van der Waals surface area contributed by atoms with Crippen molar-refractivity contribution < 1.29 is 4.74 Å².